The predicted octanol–water partition coefficient (Wildman–Crippen LogP) is 2.84. The van der Waals surface area contributed by atoms with Gasteiger partial charge in [-0.1, -0.05) is 0 Å². The summed E-state index contributed by atoms with van der Waals surface area (Å²) in [6.07, 6.45) is 0. The second-order valence-electron chi connectivity index (χ2n) is 4.35. The van der Waals surface area contributed by atoms with Crippen molar-refractivity contribution in [1.82, 2.24) is 9.71 Å². The fourth-order valence-corrected chi connectivity index (χ4v) is 3.98. The van der Waals surface area contributed by atoms with Crippen molar-refractivity contribution >= 4 is 43.0 Å². The van der Waals surface area contributed by atoms with E-state index in [2.05, 4.69) is 25.6 Å². The minimum atomic E-state index is -3.62. The number of thiazole rings is 1. The fourth-order valence-electron chi connectivity index (χ4n) is 1.61. The number of rotatable bonds is 4. The molecule has 0 aliphatic rings. The van der Waals surface area contributed by atoms with Gasteiger partial charge in [-0.25, -0.2) is 18.1 Å². The van der Waals surface area contributed by atoms with E-state index in [0.29, 0.717) is 10.2 Å². The number of nitrogens with one attached hydrogen (secondary N) is 1. The van der Waals surface area contributed by atoms with Crippen LogP contribution in [0.4, 0.5) is 5.69 Å². The monoisotopic (exact) mass is 375 g/mol. The van der Waals surface area contributed by atoms with Crippen molar-refractivity contribution in [3.63, 3.8) is 0 Å². The minimum absolute atomic E-state index is 0.137. The minimum Gasteiger partial charge on any atom is -0.398 e. The highest BCUT2D eigenvalue weighted by molar-refractivity contribution is 9.10. The molecule has 0 amide bonds. The van der Waals surface area contributed by atoms with Crippen LogP contribution in [-0.2, 0) is 10.0 Å². The molecule has 8 heteroatoms. The molecule has 20 heavy (non-hydrogen) atoms. The molecule has 0 aliphatic carbocycles. The zero-order valence-corrected chi connectivity index (χ0v) is 14.1. The SMILES string of the molecule is Cc1csc(C(C)NS(=O)(=O)c2ccc(Br)c(N)c2)n1. The molecular weight excluding hydrogens is 362 g/mol. The van der Waals surface area contributed by atoms with E-state index in [4.69, 9.17) is 5.73 Å². The van der Waals surface area contributed by atoms with E-state index in [1.807, 2.05) is 12.3 Å². The van der Waals surface area contributed by atoms with E-state index in [9.17, 15) is 8.42 Å². The highest BCUT2D eigenvalue weighted by atomic mass is 79.9. The second kappa shape index (κ2) is 5.80. The van der Waals surface area contributed by atoms with E-state index >= 15 is 0 Å². The topological polar surface area (TPSA) is 85.1 Å². The van der Waals surface area contributed by atoms with Crippen LogP contribution in [0.3, 0.4) is 0 Å². The van der Waals surface area contributed by atoms with Crippen molar-refractivity contribution in [2.75, 3.05) is 5.73 Å². The fraction of sp³-hybridized carbons (Fsp3) is 0.250. The highest BCUT2D eigenvalue weighted by Gasteiger charge is 2.20. The van der Waals surface area contributed by atoms with Crippen LogP contribution in [0.15, 0.2) is 32.9 Å². The summed E-state index contributed by atoms with van der Waals surface area (Å²) in [4.78, 5) is 4.42. The Morgan fingerprint density at radius 3 is 2.70 bits per heavy atom. The molecule has 1 aromatic carbocycles. The molecule has 1 heterocycles. The molecule has 2 aromatic rings. The molecule has 1 aromatic heterocycles. The maximum atomic E-state index is 12.3. The summed E-state index contributed by atoms with van der Waals surface area (Å²) in [7, 11) is -3.62. The number of aryl methyl sites for hydroxylation is 1. The van der Waals surface area contributed by atoms with Gasteiger partial charge in [0.25, 0.3) is 0 Å². The molecule has 108 valence electrons. The van der Waals surface area contributed by atoms with Gasteiger partial charge >= 0.3 is 0 Å². The molecule has 0 saturated carbocycles. The molecule has 1 unspecified atom stereocenters. The van der Waals surface area contributed by atoms with Gasteiger partial charge in [0.2, 0.25) is 10.0 Å². The van der Waals surface area contributed by atoms with Gasteiger partial charge in [0, 0.05) is 21.2 Å². The Balaban J connectivity index is 2.24. The maximum absolute atomic E-state index is 12.3. The molecule has 0 radical (unpaired) electrons. The smallest absolute Gasteiger partial charge is 0.241 e. The second-order valence-corrected chi connectivity index (χ2v) is 7.81. The van der Waals surface area contributed by atoms with Gasteiger partial charge in [-0.2, -0.15) is 0 Å². The van der Waals surface area contributed by atoms with Crippen LogP contribution >= 0.6 is 27.3 Å². The number of sulfonamides is 1. The van der Waals surface area contributed by atoms with Crippen molar-refractivity contribution in [2.24, 2.45) is 0 Å². The third-order valence-corrected chi connectivity index (χ3v) is 6.02. The zero-order chi connectivity index (χ0) is 14.9. The van der Waals surface area contributed by atoms with Crippen LogP contribution in [0, 0.1) is 6.92 Å². The van der Waals surface area contributed by atoms with E-state index < -0.39 is 10.0 Å². The molecule has 5 nitrogen and oxygen atoms in total. The van der Waals surface area contributed by atoms with Crippen molar-refractivity contribution in [3.8, 4) is 0 Å². The van der Waals surface area contributed by atoms with Gasteiger partial charge in [0.1, 0.15) is 5.01 Å². The Labute approximate surface area is 130 Å². The third-order valence-electron chi connectivity index (χ3n) is 2.62. The van der Waals surface area contributed by atoms with Crippen LogP contribution in [0.2, 0.25) is 0 Å². The van der Waals surface area contributed by atoms with Crippen molar-refractivity contribution in [2.45, 2.75) is 24.8 Å². The molecule has 0 bridgehead atoms. The molecule has 3 N–H and O–H groups in total. The number of aromatic nitrogens is 1. The largest absolute Gasteiger partial charge is 0.398 e. The summed E-state index contributed by atoms with van der Waals surface area (Å²) in [5.41, 5.74) is 6.97. The Morgan fingerprint density at radius 2 is 2.15 bits per heavy atom. The first-order valence-electron chi connectivity index (χ1n) is 5.79. The lowest BCUT2D eigenvalue weighted by atomic mass is 10.3. The molecule has 0 spiro atoms. The number of hydrogen-bond acceptors (Lipinski definition) is 5. The van der Waals surface area contributed by atoms with E-state index in [1.165, 1.54) is 23.5 Å². The van der Waals surface area contributed by atoms with Crippen molar-refractivity contribution in [3.05, 3.63) is 38.8 Å². The zero-order valence-electron chi connectivity index (χ0n) is 10.9. The first kappa shape index (κ1) is 15.4. The van der Waals surface area contributed by atoms with Gasteiger partial charge < -0.3 is 5.73 Å². The average Bonchev–Trinajstić information content (AvgIpc) is 2.79. The standard InChI is InChI=1S/C12H14BrN3O2S2/c1-7-6-19-12(15-7)8(2)16-20(17,18)9-3-4-10(13)11(14)5-9/h3-6,8,16H,14H2,1-2H3. The Kier molecular flexibility index (Phi) is 4.48. The van der Waals surface area contributed by atoms with Crippen molar-refractivity contribution < 1.29 is 8.42 Å². The third kappa shape index (κ3) is 3.38. The predicted molar refractivity (Wildman–Crippen MR) is 84.1 cm³/mol. The van der Waals surface area contributed by atoms with Crippen LogP contribution in [-0.4, -0.2) is 13.4 Å². The maximum Gasteiger partial charge on any atom is 0.241 e. The summed E-state index contributed by atoms with van der Waals surface area (Å²) < 4.78 is 27.8. The quantitative estimate of drug-likeness (QED) is 0.804. The van der Waals surface area contributed by atoms with Gasteiger partial charge in [-0.3, -0.25) is 0 Å². The molecule has 0 fully saturated rings. The number of nitrogens with zero attached hydrogens (tertiary/aromatic N) is 1. The summed E-state index contributed by atoms with van der Waals surface area (Å²) in [6.45, 7) is 3.63. The average molecular weight is 376 g/mol. The number of hydrogen-bond donors (Lipinski definition) is 2. The Bertz CT molecular complexity index is 728. The molecule has 0 saturated heterocycles. The van der Waals surface area contributed by atoms with Gasteiger partial charge in [0.15, 0.2) is 0 Å². The number of nitrogens with two attached hydrogens (primary N) is 1. The normalized spacial score (nSPS) is 13.3. The lowest BCUT2D eigenvalue weighted by Crippen LogP contribution is -2.27. The number of halogens is 1. The Hall–Kier alpha value is -0.960. The van der Waals surface area contributed by atoms with Crippen LogP contribution in [0.1, 0.15) is 23.7 Å². The summed E-state index contributed by atoms with van der Waals surface area (Å²) >= 11 is 4.67. The number of nitrogen functional groups attached to an aromatic ring is 1. The van der Waals surface area contributed by atoms with E-state index in [0.717, 1.165) is 10.7 Å². The molecule has 1 atom stereocenters. The summed E-state index contributed by atoms with van der Waals surface area (Å²) in [6, 6.07) is 4.15. The number of anilines is 1. The first-order valence-corrected chi connectivity index (χ1v) is 8.94. The van der Waals surface area contributed by atoms with Crippen molar-refractivity contribution in [1.29, 1.82) is 0 Å². The lowest BCUT2D eigenvalue weighted by molar-refractivity contribution is 0.566. The number of benzene rings is 1. The first-order chi connectivity index (χ1) is 9.29. The lowest BCUT2D eigenvalue weighted by Gasteiger charge is -2.12. The van der Waals surface area contributed by atoms with E-state index in [1.54, 1.807) is 13.0 Å². The molecule has 0 aliphatic heterocycles. The Morgan fingerprint density at radius 1 is 1.45 bits per heavy atom. The summed E-state index contributed by atoms with van der Waals surface area (Å²) in [5.74, 6) is 0. The molecule has 2 rings (SSSR count). The van der Waals surface area contributed by atoms with Crippen LogP contribution in [0.5, 0.6) is 0 Å². The molecular formula is C12H14BrN3O2S2. The summed E-state index contributed by atoms with van der Waals surface area (Å²) in [5, 5.41) is 2.62. The van der Waals surface area contributed by atoms with Crippen LogP contribution < -0.4 is 10.5 Å². The van der Waals surface area contributed by atoms with Crippen LogP contribution in [0.25, 0.3) is 0 Å². The van der Waals surface area contributed by atoms with E-state index in [-0.39, 0.29) is 10.9 Å². The van der Waals surface area contributed by atoms with Gasteiger partial charge in [0.05, 0.1) is 10.9 Å². The van der Waals surface area contributed by atoms with Gasteiger partial charge in [-0.15, -0.1) is 11.3 Å². The highest BCUT2D eigenvalue weighted by Crippen LogP contribution is 2.24. The van der Waals surface area contributed by atoms with Gasteiger partial charge in [-0.05, 0) is 48.0 Å².